The maximum absolute atomic E-state index is 11.9. The SMILES string of the molecule is C[C@H](NC(=O)c1cccn1C)C1SC=CN1O. The van der Waals surface area contributed by atoms with E-state index in [1.165, 1.54) is 11.8 Å². The third kappa shape index (κ3) is 2.48. The van der Waals surface area contributed by atoms with Crippen LogP contribution < -0.4 is 5.32 Å². The summed E-state index contributed by atoms with van der Waals surface area (Å²) < 4.78 is 1.76. The van der Waals surface area contributed by atoms with Crippen molar-refractivity contribution in [2.75, 3.05) is 0 Å². The van der Waals surface area contributed by atoms with Crippen molar-refractivity contribution in [3.8, 4) is 0 Å². The number of hydroxylamine groups is 2. The first-order valence-corrected chi connectivity index (χ1v) is 6.25. The fraction of sp³-hybridized carbons (Fsp3) is 0.364. The van der Waals surface area contributed by atoms with Gasteiger partial charge < -0.3 is 9.88 Å². The summed E-state index contributed by atoms with van der Waals surface area (Å²) >= 11 is 1.48. The first-order chi connectivity index (χ1) is 8.09. The summed E-state index contributed by atoms with van der Waals surface area (Å²) in [5, 5.41) is 15.1. The number of aromatic nitrogens is 1. The van der Waals surface area contributed by atoms with Crippen LogP contribution in [-0.4, -0.2) is 32.2 Å². The highest BCUT2D eigenvalue weighted by Gasteiger charge is 2.26. The number of carbonyl (C=O) groups excluding carboxylic acids is 1. The average molecular weight is 253 g/mol. The second kappa shape index (κ2) is 4.85. The second-order valence-electron chi connectivity index (χ2n) is 3.96. The van der Waals surface area contributed by atoms with Crippen LogP contribution in [0.25, 0.3) is 0 Å². The molecule has 2 rings (SSSR count). The van der Waals surface area contributed by atoms with Crippen molar-refractivity contribution in [1.82, 2.24) is 14.9 Å². The third-order valence-electron chi connectivity index (χ3n) is 2.66. The van der Waals surface area contributed by atoms with Gasteiger partial charge in [0, 0.05) is 19.4 Å². The van der Waals surface area contributed by atoms with E-state index in [0.717, 1.165) is 5.06 Å². The summed E-state index contributed by atoms with van der Waals surface area (Å²) in [6.07, 6.45) is 3.41. The number of aryl methyl sites for hydroxylation is 1. The highest BCUT2D eigenvalue weighted by atomic mass is 32.2. The van der Waals surface area contributed by atoms with Gasteiger partial charge in [-0.15, -0.1) is 11.8 Å². The van der Waals surface area contributed by atoms with E-state index in [4.69, 9.17) is 0 Å². The van der Waals surface area contributed by atoms with E-state index >= 15 is 0 Å². The summed E-state index contributed by atoms with van der Waals surface area (Å²) in [6, 6.07) is 3.44. The molecule has 0 saturated heterocycles. The molecule has 92 valence electrons. The van der Waals surface area contributed by atoms with Crippen molar-refractivity contribution in [3.63, 3.8) is 0 Å². The number of carbonyl (C=O) groups is 1. The van der Waals surface area contributed by atoms with Crippen LogP contribution in [0, 0.1) is 0 Å². The molecular formula is C11H15N3O2S. The lowest BCUT2D eigenvalue weighted by atomic mass is 10.3. The molecular weight excluding hydrogens is 238 g/mol. The van der Waals surface area contributed by atoms with Crippen LogP contribution in [0.3, 0.4) is 0 Å². The van der Waals surface area contributed by atoms with Gasteiger partial charge in [0.25, 0.3) is 5.91 Å². The lowest BCUT2D eigenvalue weighted by Crippen LogP contribution is -2.44. The molecule has 1 aromatic rings. The van der Waals surface area contributed by atoms with Gasteiger partial charge >= 0.3 is 0 Å². The Bertz CT molecular complexity index is 444. The number of nitrogens with zero attached hydrogens (tertiary/aromatic N) is 2. The highest BCUT2D eigenvalue weighted by Crippen LogP contribution is 2.25. The molecule has 0 fully saturated rings. The molecule has 5 nitrogen and oxygen atoms in total. The molecule has 17 heavy (non-hydrogen) atoms. The van der Waals surface area contributed by atoms with Gasteiger partial charge in [0.2, 0.25) is 0 Å². The highest BCUT2D eigenvalue weighted by molar-refractivity contribution is 8.02. The molecule has 0 spiro atoms. The minimum atomic E-state index is -0.167. The number of hydrogen-bond acceptors (Lipinski definition) is 4. The Balaban J connectivity index is 1.97. The summed E-state index contributed by atoms with van der Waals surface area (Å²) in [4.78, 5) is 11.9. The van der Waals surface area contributed by atoms with Gasteiger partial charge in [-0.3, -0.25) is 10.0 Å². The number of amides is 1. The van der Waals surface area contributed by atoms with Crippen LogP contribution in [-0.2, 0) is 7.05 Å². The van der Waals surface area contributed by atoms with Crippen molar-refractivity contribution in [3.05, 3.63) is 35.6 Å². The molecule has 1 unspecified atom stereocenters. The maximum Gasteiger partial charge on any atom is 0.268 e. The fourth-order valence-electron chi connectivity index (χ4n) is 1.72. The van der Waals surface area contributed by atoms with Crippen LogP contribution in [0.2, 0.25) is 0 Å². The smallest absolute Gasteiger partial charge is 0.268 e. The lowest BCUT2D eigenvalue weighted by molar-refractivity contribution is -0.0548. The Hall–Kier alpha value is -1.40. The zero-order valence-electron chi connectivity index (χ0n) is 9.70. The lowest BCUT2D eigenvalue weighted by Gasteiger charge is -2.25. The van der Waals surface area contributed by atoms with E-state index in [0.29, 0.717) is 5.69 Å². The molecule has 2 atom stereocenters. The van der Waals surface area contributed by atoms with Gasteiger partial charge in [-0.25, -0.2) is 5.06 Å². The zero-order chi connectivity index (χ0) is 12.4. The van der Waals surface area contributed by atoms with E-state index in [1.807, 2.05) is 26.2 Å². The predicted octanol–water partition coefficient (Wildman–Crippen LogP) is 1.38. The number of nitrogens with one attached hydrogen (secondary N) is 1. The quantitative estimate of drug-likeness (QED) is 0.854. The summed E-state index contributed by atoms with van der Waals surface area (Å²) in [5.74, 6) is -0.133. The Kier molecular flexibility index (Phi) is 3.44. The Morgan fingerprint density at radius 3 is 2.94 bits per heavy atom. The molecule has 0 aliphatic carbocycles. The van der Waals surface area contributed by atoms with Crippen LogP contribution in [0.15, 0.2) is 29.9 Å². The maximum atomic E-state index is 11.9. The molecule has 1 aromatic heterocycles. The van der Waals surface area contributed by atoms with E-state index in [-0.39, 0.29) is 17.3 Å². The van der Waals surface area contributed by atoms with E-state index in [1.54, 1.807) is 22.2 Å². The molecule has 1 amide bonds. The Labute approximate surface area is 104 Å². The molecule has 1 aliphatic rings. The molecule has 2 heterocycles. The van der Waals surface area contributed by atoms with Gasteiger partial charge in [0.05, 0.1) is 6.04 Å². The van der Waals surface area contributed by atoms with Crippen LogP contribution >= 0.6 is 11.8 Å². The molecule has 1 aliphatic heterocycles. The topological polar surface area (TPSA) is 57.5 Å². The molecule has 0 aromatic carbocycles. The number of rotatable bonds is 3. The largest absolute Gasteiger partial charge is 0.347 e. The van der Waals surface area contributed by atoms with Gasteiger partial charge in [-0.05, 0) is 24.5 Å². The van der Waals surface area contributed by atoms with E-state index in [9.17, 15) is 10.0 Å². The van der Waals surface area contributed by atoms with E-state index < -0.39 is 0 Å². The van der Waals surface area contributed by atoms with Crippen LogP contribution in [0.1, 0.15) is 17.4 Å². The first-order valence-electron chi connectivity index (χ1n) is 5.31. The molecule has 6 heteroatoms. The van der Waals surface area contributed by atoms with Crippen molar-refractivity contribution in [2.24, 2.45) is 7.05 Å². The first kappa shape index (κ1) is 12.1. The van der Waals surface area contributed by atoms with Gasteiger partial charge in [0.1, 0.15) is 11.1 Å². The van der Waals surface area contributed by atoms with Gasteiger partial charge in [0.15, 0.2) is 0 Å². The summed E-state index contributed by atoms with van der Waals surface area (Å²) in [7, 11) is 1.82. The predicted molar refractivity (Wildman–Crippen MR) is 66.5 cm³/mol. The average Bonchev–Trinajstić information content (AvgIpc) is 2.86. The van der Waals surface area contributed by atoms with Crippen molar-refractivity contribution >= 4 is 17.7 Å². The van der Waals surface area contributed by atoms with Crippen LogP contribution in [0.5, 0.6) is 0 Å². The van der Waals surface area contributed by atoms with Crippen LogP contribution in [0.4, 0.5) is 0 Å². The number of thioether (sulfide) groups is 1. The van der Waals surface area contributed by atoms with Crippen molar-refractivity contribution in [1.29, 1.82) is 0 Å². The third-order valence-corrected chi connectivity index (χ3v) is 3.84. The molecule has 0 bridgehead atoms. The minimum Gasteiger partial charge on any atom is -0.347 e. The van der Waals surface area contributed by atoms with Crippen molar-refractivity contribution in [2.45, 2.75) is 18.3 Å². The summed E-state index contributed by atoms with van der Waals surface area (Å²) in [6.45, 7) is 1.87. The molecule has 2 N–H and O–H groups in total. The fourth-order valence-corrected chi connectivity index (χ4v) is 2.58. The number of hydrogen-bond donors (Lipinski definition) is 2. The van der Waals surface area contributed by atoms with Gasteiger partial charge in [-0.2, -0.15) is 0 Å². The summed E-state index contributed by atoms with van der Waals surface area (Å²) in [5.41, 5.74) is 0.609. The zero-order valence-corrected chi connectivity index (χ0v) is 10.5. The Morgan fingerprint density at radius 2 is 2.41 bits per heavy atom. The Morgan fingerprint density at radius 1 is 1.65 bits per heavy atom. The normalized spacial score (nSPS) is 20.6. The minimum absolute atomic E-state index is 0.133. The molecule has 0 saturated carbocycles. The van der Waals surface area contributed by atoms with E-state index in [2.05, 4.69) is 5.32 Å². The monoisotopic (exact) mass is 253 g/mol. The van der Waals surface area contributed by atoms with Crippen molar-refractivity contribution < 1.29 is 10.0 Å². The van der Waals surface area contributed by atoms with Gasteiger partial charge in [-0.1, -0.05) is 0 Å². The standard InChI is InChI=1S/C11H15N3O2S/c1-8(11-14(16)6-7-17-11)12-10(15)9-4-3-5-13(9)2/h3-8,11,16H,1-2H3,(H,12,15)/t8-,11?/m0/s1. The second-order valence-corrected chi connectivity index (χ2v) is 4.99. The molecule has 0 radical (unpaired) electrons.